The third kappa shape index (κ3) is 2.39. The summed E-state index contributed by atoms with van der Waals surface area (Å²) in [5, 5.41) is 17.3. The molecule has 1 radical (unpaired) electrons. The molecule has 1 N–H and O–H groups in total. The second-order valence-electron chi connectivity index (χ2n) is 4.06. The van der Waals surface area contributed by atoms with Crippen molar-refractivity contribution in [2.45, 2.75) is 29.6 Å². The van der Waals surface area contributed by atoms with Gasteiger partial charge in [0.2, 0.25) is 0 Å². The molecule has 1 aromatic heterocycles. The minimum atomic E-state index is -0.722. The predicted molar refractivity (Wildman–Crippen MR) is 63.7 cm³/mol. The molecule has 0 aromatic carbocycles. The topological polar surface area (TPSA) is 71.2 Å². The number of aliphatic carboxylic acids is 1. The first-order valence-electron chi connectivity index (χ1n) is 5.24. The maximum Gasteiger partial charge on any atom is 0.322 e. The summed E-state index contributed by atoms with van der Waals surface area (Å²) in [6.45, 7) is 1.52. The van der Waals surface area contributed by atoms with E-state index in [0.717, 1.165) is 13.0 Å². The van der Waals surface area contributed by atoms with Crippen molar-refractivity contribution in [1.29, 1.82) is 0 Å². The standard InChI is InChI=1S/C9H12N4O2S.Na/c14-9(15)8-6(5-12-4-2-10-11-12)16-7-1-3-13(7)8;/h2,4,6-8H,1,3,5H2,(H,14,15);. The molecule has 1 aromatic rings. The van der Waals surface area contributed by atoms with Crippen LogP contribution < -0.4 is 0 Å². The average Bonchev–Trinajstić information content (AvgIpc) is 2.77. The number of thioether (sulfide) groups is 1. The largest absolute Gasteiger partial charge is 0.480 e. The van der Waals surface area contributed by atoms with E-state index in [1.807, 2.05) is 0 Å². The second kappa shape index (κ2) is 5.27. The molecule has 0 amide bonds. The molecule has 0 bridgehead atoms. The van der Waals surface area contributed by atoms with Gasteiger partial charge in [-0.25, -0.2) is 0 Å². The maximum absolute atomic E-state index is 11.2. The van der Waals surface area contributed by atoms with Crippen molar-refractivity contribution in [3.05, 3.63) is 12.4 Å². The van der Waals surface area contributed by atoms with E-state index in [9.17, 15) is 9.90 Å². The number of carbonyl (C=O) groups is 1. The van der Waals surface area contributed by atoms with Crippen LogP contribution in [0.25, 0.3) is 0 Å². The van der Waals surface area contributed by atoms with Crippen LogP contribution in [0.5, 0.6) is 0 Å². The Morgan fingerprint density at radius 3 is 2.94 bits per heavy atom. The fourth-order valence-electron chi connectivity index (χ4n) is 2.30. The van der Waals surface area contributed by atoms with Crippen molar-refractivity contribution >= 4 is 47.3 Å². The number of hydrogen-bond donors (Lipinski definition) is 1. The Kier molecular flexibility index (Phi) is 4.14. The van der Waals surface area contributed by atoms with E-state index in [-0.39, 0.29) is 40.8 Å². The van der Waals surface area contributed by atoms with Crippen molar-refractivity contribution in [2.75, 3.05) is 6.54 Å². The van der Waals surface area contributed by atoms with Crippen molar-refractivity contribution < 1.29 is 9.90 Å². The minimum Gasteiger partial charge on any atom is -0.480 e. The van der Waals surface area contributed by atoms with E-state index < -0.39 is 5.97 Å². The van der Waals surface area contributed by atoms with Crippen molar-refractivity contribution in [2.24, 2.45) is 0 Å². The Balaban J connectivity index is 0.00000108. The van der Waals surface area contributed by atoms with Gasteiger partial charge in [-0.1, -0.05) is 5.21 Å². The molecular formula is C9H12N4NaO2S. The first-order valence-corrected chi connectivity index (χ1v) is 6.18. The van der Waals surface area contributed by atoms with Gasteiger partial charge in [-0.2, -0.15) is 0 Å². The van der Waals surface area contributed by atoms with Crippen LogP contribution in [0.15, 0.2) is 12.4 Å². The number of rotatable bonds is 3. The monoisotopic (exact) mass is 263 g/mol. The van der Waals surface area contributed by atoms with E-state index in [1.165, 1.54) is 0 Å². The SMILES string of the molecule is O=C(O)C1C(Cn2ccnn2)SC2CCN21.[Na]. The number of hydrogen-bond acceptors (Lipinski definition) is 5. The second-order valence-corrected chi connectivity index (χ2v) is 5.49. The fourth-order valence-corrected chi connectivity index (χ4v) is 3.99. The average molecular weight is 263 g/mol. The quantitative estimate of drug-likeness (QED) is 0.741. The normalized spacial score (nSPS) is 31.4. The molecular weight excluding hydrogens is 251 g/mol. The smallest absolute Gasteiger partial charge is 0.322 e. The summed E-state index contributed by atoms with van der Waals surface area (Å²) in [4.78, 5) is 13.3. The predicted octanol–water partition coefficient (Wildman–Crippen LogP) is -0.502. The van der Waals surface area contributed by atoms with Gasteiger partial charge in [0.1, 0.15) is 6.04 Å². The van der Waals surface area contributed by atoms with Crippen LogP contribution in [0.1, 0.15) is 6.42 Å². The van der Waals surface area contributed by atoms with Crippen LogP contribution in [0.4, 0.5) is 0 Å². The third-order valence-corrected chi connectivity index (χ3v) is 4.71. The van der Waals surface area contributed by atoms with E-state index in [4.69, 9.17) is 0 Å². The number of carboxylic acid groups (broad SMARTS) is 1. The molecule has 2 aliphatic rings. The van der Waals surface area contributed by atoms with Gasteiger partial charge in [0.15, 0.2) is 0 Å². The number of aromatic nitrogens is 3. The molecule has 2 aliphatic heterocycles. The molecule has 3 rings (SSSR count). The van der Waals surface area contributed by atoms with Crippen LogP contribution in [0.2, 0.25) is 0 Å². The molecule has 8 heteroatoms. The first kappa shape index (κ1) is 13.4. The number of carboxylic acids is 1. The van der Waals surface area contributed by atoms with Gasteiger partial charge in [0, 0.05) is 42.3 Å². The molecule has 0 spiro atoms. The van der Waals surface area contributed by atoms with E-state index in [1.54, 1.807) is 28.8 Å². The molecule has 0 aliphatic carbocycles. The molecule has 2 saturated heterocycles. The summed E-state index contributed by atoms with van der Waals surface area (Å²) in [6, 6.07) is -0.368. The number of fused-ring (bicyclic) bond motifs is 1. The van der Waals surface area contributed by atoms with Crippen LogP contribution in [-0.2, 0) is 11.3 Å². The summed E-state index contributed by atoms with van der Waals surface area (Å²) in [6.07, 6.45) is 4.49. The van der Waals surface area contributed by atoms with Crippen LogP contribution in [0, 0.1) is 0 Å². The minimum absolute atomic E-state index is 0. The Morgan fingerprint density at radius 1 is 1.59 bits per heavy atom. The summed E-state index contributed by atoms with van der Waals surface area (Å²) in [5.74, 6) is -0.722. The van der Waals surface area contributed by atoms with E-state index >= 15 is 0 Å². The van der Waals surface area contributed by atoms with Gasteiger partial charge < -0.3 is 5.11 Å². The van der Waals surface area contributed by atoms with Crippen molar-refractivity contribution in [3.8, 4) is 0 Å². The van der Waals surface area contributed by atoms with Crippen LogP contribution in [0.3, 0.4) is 0 Å². The van der Waals surface area contributed by atoms with E-state index in [0.29, 0.717) is 11.9 Å². The van der Waals surface area contributed by atoms with Crippen LogP contribution in [-0.4, -0.2) is 83.7 Å². The Morgan fingerprint density at radius 2 is 2.41 bits per heavy atom. The van der Waals surface area contributed by atoms with Gasteiger partial charge >= 0.3 is 5.97 Å². The molecule has 3 unspecified atom stereocenters. The van der Waals surface area contributed by atoms with Gasteiger partial charge in [-0.05, 0) is 6.42 Å². The van der Waals surface area contributed by atoms with Crippen molar-refractivity contribution in [1.82, 2.24) is 19.9 Å². The molecule has 3 atom stereocenters. The van der Waals surface area contributed by atoms with Gasteiger partial charge in [0.05, 0.1) is 23.4 Å². The van der Waals surface area contributed by atoms with E-state index in [2.05, 4.69) is 15.2 Å². The zero-order valence-electron chi connectivity index (χ0n) is 9.56. The Labute approximate surface area is 125 Å². The zero-order chi connectivity index (χ0) is 11.1. The summed E-state index contributed by atoms with van der Waals surface area (Å²) in [7, 11) is 0. The van der Waals surface area contributed by atoms with Crippen LogP contribution >= 0.6 is 11.8 Å². The Hall–Kier alpha value is -0.0800. The third-order valence-electron chi connectivity index (χ3n) is 3.14. The molecule has 0 saturated carbocycles. The summed E-state index contributed by atoms with van der Waals surface area (Å²) in [5.41, 5.74) is 0. The molecule has 17 heavy (non-hydrogen) atoms. The molecule has 2 fully saturated rings. The molecule has 87 valence electrons. The summed E-state index contributed by atoms with van der Waals surface area (Å²) >= 11 is 1.75. The summed E-state index contributed by atoms with van der Waals surface area (Å²) < 4.78 is 1.71. The number of nitrogens with zero attached hydrogens (tertiary/aromatic N) is 4. The van der Waals surface area contributed by atoms with Gasteiger partial charge in [-0.15, -0.1) is 16.9 Å². The van der Waals surface area contributed by atoms with Gasteiger partial charge in [0.25, 0.3) is 0 Å². The zero-order valence-corrected chi connectivity index (χ0v) is 12.4. The molecule has 6 nitrogen and oxygen atoms in total. The van der Waals surface area contributed by atoms with Crippen molar-refractivity contribution in [3.63, 3.8) is 0 Å². The maximum atomic E-state index is 11.2. The molecule has 3 heterocycles. The fraction of sp³-hybridized carbons (Fsp3) is 0.667. The first-order chi connectivity index (χ1) is 7.75. The Bertz CT molecular complexity index is 402. The van der Waals surface area contributed by atoms with Gasteiger partial charge in [-0.3, -0.25) is 14.4 Å².